The van der Waals surface area contributed by atoms with E-state index in [1.54, 1.807) is 24.3 Å². The molecule has 41 heavy (non-hydrogen) atoms. The summed E-state index contributed by atoms with van der Waals surface area (Å²) in [6.07, 6.45) is -3.07. The SMILES string of the molecule is Cn1nc(-c2ccc(F)cc2)cc1[C@@H]1CCN(CCc2ccccc2)C[C@H]1c1ccc(F)cc1.O=C(O)C(F)(F)F. The minimum Gasteiger partial charge on any atom is -0.475 e. The van der Waals surface area contributed by atoms with Gasteiger partial charge in [-0.25, -0.2) is 13.6 Å². The summed E-state index contributed by atoms with van der Waals surface area (Å²) in [5, 5.41) is 11.9. The Morgan fingerprint density at radius 3 is 2.10 bits per heavy atom. The zero-order chi connectivity index (χ0) is 29.6. The van der Waals surface area contributed by atoms with Gasteiger partial charge in [0.15, 0.2) is 0 Å². The van der Waals surface area contributed by atoms with Gasteiger partial charge in [-0.2, -0.15) is 18.3 Å². The summed E-state index contributed by atoms with van der Waals surface area (Å²) >= 11 is 0. The first kappa shape index (κ1) is 29.9. The Kier molecular flexibility index (Phi) is 9.54. The summed E-state index contributed by atoms with van der Waals surface area (Å²) in [5.74, 6) is -2.71. The van der Waals surface area contributed by atoms with Crippen molar-refractivity contribution in [2.75, 3.05) is 19.6 Å². The number of alkyl halides is 3. The van der Waals surface area contributed by atoms with E-state index >= 15 is 0 Å². The molecule has 1 aliphatic heterocycles. The van der Waals surface area contributed by atoms with Gasteiger partial charge in [0.05, 0.1) is 5.69 Å². The number of rotatable bonds is 6. The number of aryl methyl sites for hydroxylation is 1. The Morgan fingerprint density at radius 1 is 0.927 bits per heavy atom. The molecule has 0 spiro atoms. The maximum absolute atomic E-state index is 13.7. The molecule has 0 amide bonds. The van der Waals surface area contributed by atoms with Crippen molar-refractivity contribution < 1.29 is 31.9 Å². The summed E-state index contributed by atoms with van der Waals surface area (Å²) < 4.78 is 60.8. The van der Waals surface area contributed by atoms with Crippen LogP contribution in [0.25, 0.3) is 11.3 Å². The number of likely N-dealkylation sites (tertiary alicyclic amines) is 1. The molecule has 0 saturated carbocycles. The van der Waals surface area contributed by atoms with Gasteiger partial charge < -0.3 is 10.0 Å². The second-order valence-corrected chi connectivity index (χ2v) is 9.98. The minimum absolute atomic E-state index is 0.212. The van der Waals surface area contributed by atoms with Crippen molar-refractivity contribution in [3.05, 3.63) is 113 Å². The van der Waals surface area contributed by atoms with Gasteiger partial charge in [0.1, 0.15) is 11.6 Å². The van der Waals surface area contributed by atoms with Gasteiger partial charge in [-0.05, 0) is 73.0 Å². The van der Waals surface area contributed by atoms with E-state index in [1.165, 1.54) is 17.7 Å². The molecule has 0 bridgehead atoms. The first-order chi connectivity index (χ1) is 19.5. The predicted molar refractivity (Wildman–Crippen MR) is 145 cm³/mol. The third-order valence-corrected chi connectivity index (χ3v) is 7.23. The molecular formula is C31H30F5N3O2. The minimum atomic E-state index is -5.08. The second-order valence-electron chi connectivity index (χ2n) is 9.98. The van der Waals surface area contributed by atoms with Crippen molar-refractivity contribution in [2.45, 2.75) is 30.9 Å². The smallest absolute Gasteiger partial charge is 0.475 e. The molecule has 1 N–H and O–H groups in total. The molecule has 1 saturated heterocycles. The molecule has 1 fully saturated rings. The largest absolute Gasteiger partial charge is 0.490 e. The fourth-order valence-corrected chi connectivity index (χ4v) is 5.15. The lowest BCUT2D eigenvalue weighted by molar-refractivity contribution is -0.192. The van der Waals surface area contributed by atoms with Crippen LogP contribution in [-0.4, -0.2) is 51.6 Å². The van der Waals surface area contributed by atoms with Crippen LogP contribution < -0.4 is 0 Å². The number of carboxylic acids is 1. The summed E-state index contributed by atoms with van der Waals surface area (Å²) in [4.78, 5) is 11.4. The van der Waals surface area contributed by atoms with Gasteiger partial charge >= 0.3 is 12.1 Å². The van der Waals surface area contributed by atoms with Crippen LogP contribution in [0.4, 0.5) is 22.0 Å². The fourth-order valence-electron chi connectivity index (χ4n) is 5.15. The quantitative estimate of drug-likeness (QED) is 0.258. The monoisotopic (exact) mass is 571 g/mol. The Hall–Kier alpha value is -4.05. The van der Waals surface area contributed by atoms with Crippen molar-refractivity contribution in [3.8, 4) is 11.3 Å². The highest BCUT2D eigenvalue weighted by Crippen LogP contribution is 2.40. The molecule has 0 aliphatic carbocycles. The molecule has 2 heterocycles. The highest BCUT2D eigenvalue weighted by molar-refractivity contribution is 5.73. The summed E-state index contributed by atoms with van der Waals surface area (Å²) in [6, 6.07) is 26.1. The highest BCUT2D eigenvalue weighted by atomic mass is 19.4. The van der Waals surface area contributed by atoms with Crippen LogP contribution in [0.2, 0.25) is 0 Å². The lowest BCUT2D eigenvalue weighted by Gasteiger charge is -2.39. The Balaban J connectivity index is 0.000000493. The Labute approximate surface area is 234 Å². The van der Waals surface area contributed by atoms with E-state index in [-0.39, 0.29) is 23.5 Å². The van der Waals surface area contributed by atoms with Crippen LogP contribution in [0.1, 0.15) is 35.1 Å². The molecule has 3 aromatic carbocycles. The molecule has 10 heteroatoms. The van der Waals surface area contributed by atoms with E-state index in [0.717, 1.165) is 55.0 Å². The van der Waals surface area contributed by atoms with E-state index in [2.05, 4.69) is 35.2 Å². The number of nitrogens with zero attached hydrogens (tertiary/aromatic N) is 3. The number of aromatic nitrogens is 2. The number of carboxylic acid groups (broad SMARTS) is 1. The van der Waals surface area contributed by atoms with Crippen LogP contribution in [-0.2, 0) is 18.3 Å². The third kappa shape index (κ3) is 8.00. The topological polar surface area (TPSA) is 58.4 Å². The Bertz CT molecular complexity index is 1420. The number of halogens is 5. The van der Waals surface area contributed by atoms with E-state index in [4.69, 9.17) is 15.0 Å². The van der Waals surface area contributed by atoms with Gasteiger partial charge in [-0.1, -0.05) is 42.5 Å². The van der Waals surface area contributed by atoms with Crippen LogP contribution in [0.15, 0.2) is 84.9 Å². The molecule has 1 aliphatic rings. The number of benzene rings is 3. The molecule has 4 aromatic rings. The van der Waals surface area contributed by atoms with E-state index in [9.17, 15) is 22.0 Å². The summed E-state index contributed by atoms with van der Waals surface area (Å²) in [5.41, 5.74) is 5.42. The summed E-state index contributed by atoms with van der Waals surface area (Å²) in [6.45, 7) is 2.92. The zero-order valence-electron chi connectivity index (χ0n) is 22.4. The zero-order valence-corrected chi connectivity index (χ0v) is 22.4. The maximum atomic E-state index is 13.7. The maximum Gasteiger partial charge on any atom is 0.490 e. The van der Waals surface area contributed by atoms with Gasteiger partial charge in [-0.3, -0.25) is 4.68 Å². The van der Waals surface area contributed by atoms with Gasteiger partial charge in [-0.15, -0.1) is 0 Å². The van der Waals surface area contributed by atoms with E-state index in [1.807, 2.05) is 29.9 Å². The molecule has 0 unspecified atom stereocenters. The summed E-state index contributed by atoms with van der Waals surface area (Å²) in [7, 11) is 1.98. The lowest BCUT2D eigenvalue weighted by atomic mass is 9.78. The van der Waals surface area contributed by atoms with Crippen molar-refractivity contribution in [2.24, 2.45) is 7.05 Å². The number of piperidine rings is 1. The third-order valence-electron chi connectivity index (χ3n) is 7.23. The van der Waals surface area contributed by atoms with Gasteiger partial charge in [0.2, 0.25) is 0 Å². The number of hydrogen-bond donors (Lipinski definition) is 1. The Morgan fingerprint density at radius 2 is 1.51 bits per heavy atom. The fraction of sp³-hybridized carbons (Fsp3) is 0.290. The number of hydrogen-bond acceptors (Lipinski definition) is 3. The number of carbonyl (C=O) groups is 1. The molecule has 2 atom stereocenters. The second kappa shape index (κ2) is 13.1. The normalized spacial score (nSPS) is 17.5. The molecule has 0 radical (unpaired) electrons. The van der Waals surface area contributed by atoms with Gasteiger partial charge in [0.25, 0.3) is 0 Å². The van der Waals surface area contributed by atoms with Gasteiger partial charge in [0, 0.05) is 43.2 Å². The van der Waals surface area contributed by atoms with Crippen LogP contribution in [0, 0.1) is 11.6 Å². The van der Waals surface area contributed by atoms with Crippen molar-refractivity contribution in [3.63, 3.8) is 0 Å². The first-order valence-corrected chi connectivity index (χ1v) is 13.1. The molecule has 5 rings (SSSR count). The van der Waals surface area contributed by atoms with Crippen molar-refractivity contribution in [1.82, 2.24) is 14.7 Å². The first-order valence-electron chi connectivity index (χ1n) is 13.1. The average molecular weight is 572 g/mol. The molecular weight excluding hydrogens is 541 g/mol. The molecule has 216 valence electrons. The van der Waals surface area contributed by atoms with Crippen molar-refractivity contribution in [1.29, 1.82) is 0 Å². The lowest BCUT2D eigenvalue weighted by Crippen LogP contribution is -2.40. The van der Waals surface area contributed by atoms with Crippen molar-refractivity contribution >= 4 is 5.97 Å². The molecule has 5 nitrogen and oxygen atoms in total. The predicted octanol–water partition coefficient (Wildman–Crippen LogP) is 6.81. The van der Waals surface area contributed by atoms with Crippen LogP contribution >= 0.6 is 0 Å². The van der Waals surface area contributed by atoms with Crippen LogP contribution in [0.3, 0.4) is 0 Å². The highest BCUT2D eigenvalue weighted by Gasteiger charge is 2.38. The number of aliphatic carboxylic acids is 1. The average Bonchev–Trinajstić information content (AvgIpc) is 3.34. The standard InChI is InChI=1S/C29H29F2N3.C2HF3O2/c1-33-29(19-28(32-33)23-9-13-25(31)14-10-23)26-16-18-34(17-15-21-5-3-2-4-6-21)20-27(26)22-7-11-24(30)12-8-22;3-2(4,5)1(6)7/h2-14,19,26-27H,15-18,20H2,1H3;(H,6,7)/t26-,27+;/m1./s1. The van der Waals surface area contributed by atoms with E-state index in [0.29, 0.717) is 0 Å². The molecule has 1 aromatic heterocycles. The van der Waals surface area contributed by atoms with E-state index < -0.39 is 12.1 Å². The van der Waals surface area contributed by atoms with Crippen LogP contribution in [0.5, 0.6) is 0 Å².